The third-order valence-corrected chi connectivity index (χ3v) is 3.52. The predicted octanol–water partition coefficient (Wildman–Crippen LogP) is 3.47. The van der Waals surface area contributed by atoms with Crippen molar-refractivity contribution < 1.29 is 13.2 Å². The van der Waals surface area contributed by atoms with E-state index in [2.05, 4.69) is 0 Å². The highest BCUT2D eigenvalue weighted by atomic mass is 35.5. The molecule has 1 aromatic carbocycles. The van der Waals surface area contributed by atoms with Crippen LogP contribution in [0.15, 0.2) is 24.3 Å². The zero-order valence-electron chi connectivity index (χ0n) is 10.9. The van der Waals surface area contributed by atoms with Crippen LogP contribution < -0.4 is 5.73 Å². The van der Waals surface area contributed by atoms with Crippen molar-refractivity contribution in [1.29, 1.82) is 0 Å². The standard InChI is InChI=1S/C13H18ClF3N2/c1-9(10-3-5-12(14)6-4-10)19(2)8-11(7-18)13(15,16)17/h3-6,9,11H,7-8,18H2,1-2H3. The van der Waals surface area contributed by atoms with Crippen LogP contribution in [0.4, 0.5) is 13.2 Å². The molecule has 0 saturated carbocycles. The molecule has 0 aliphatic rings. The van der Waals surface area contributed by atoms with E-state index in [-0.39, 0.29) is 12.6 Å². The zero-order chi connectivity index (χ0) is 14.6. The van der Waals surface area contributed by atoms with Gasteiger partial charge in [0.05, 0.1) is 5.92 Å². The van der Waals surface area contributed by atoms with Crippen LogP contribution in [0.1, 0.15) is 18.5 Å². The van der Waals surface area contributed by atoms with Crippen molar-refractivity contribution in [2.75, 3.05) is 20.1 Å². The molecular weight excluding hydrogens is 277 g/mol. The monoisotopic (exact) mass is 294 g/mol. The predicted molar refractivity (Wildman–Crippen MR) is 71.1 cm³/mol. The molecule has 0 radical (unpaired) electrons. The Bertz CT molecular complexity index is 392. The first-order valence-electron chi connectivity index (χ1n) is 5.98. The summed E-state index contributed by atoms with van der Waals surface area (Å²) in [6.07, 6.45) is -4.26. The van der Waals surface area contributed by atoms with E-state index in [0.717, 1.165) is 5.56 Å². The third-order valence-electron chi connectivity index (χ3n) is 3.27. The molecule has 2 N–H and O–H groups in total. The molecule has 0 bridgehead atoms. The van der Waals surface area contributed by atoms with Gasteiger partial charge >= 0.3 is 6.18 Å². The van der Waals surface area contributed by atoms with Crippen molar-refractivity contribution in [3.05, 3.63) is 34.9 Å². The molecule has 108 valence electrons. The van der Waals surface area contributed by atoms with Crippen molar-refractivity contribution in [2.45, 2.75) is 19.1 Å². The number of nitrogens with zero attached hydrogens (tertiary/aromatic N) is 1. The van der Waals surface area contributed by atoms with Crippen molar-refractivity contribution in [1.82, 2.24) is 4.90 Å². The molecule has 1 aromatic rings. The lowest BCUT2D eigenvalue weighted by atomic mass is 10.0. The van der Waals surface area contributed by atoms with Gasteiger partial charge in [-0.3, -0.25) is 4.90 Å². The van der Waals surface area contributed by atoms with Crippen molar-refractivity contribution in [3.63, 3.8) is 0 Å². The van der Waals surface area contributed by atoms with Crippen LogP contribution in [0.25, 0.3) is 0 Å². The third kappa shape index (κ3) is 4.67. The van der Waals surface area contributed by atoms with Crippen molar-refractivity contribution >= 4 is 11.6 Å². The highest BCUT2D eigenvalue weighted by Gasteiger charge is 2.39. The summed E-state index contributed by atoms with van der Waals surface area (Å²) in [5, 5.41) is 0.605. The van der Waals surface area contributed by atoms with Crippen LogP contribution in [-0.2, 0) is 0 Å². The summed E-state index contributed by atoms with van der Waals surface area (Å²) in [5.41, 5.74) is 6.12. The minimum atomic E-state index is -4.26. The van der Waals surface area contributed by atoms with E-state index in [1.165, 1.54) is 0 Å². The number of halogens is 4. The average molecular weight is 295 g/mol. The summed E-state index contributed by atoms with van der Waals surface area (Å²) in [6.45, 7) is 1.33. The molecular formula is C13H18ClF3N2. The summed E-state index contributed by atoms with van der Waals surface area (Å²) >= 11 is 5.78. The Balaban J connectivity index is 2.71. The van der Waals surface area contributed by atoms with Gasteiger partial charge in [0, 0.05) is 24.2 Å². The average Bonchev–Trinajstić information content (AvgIpc) is 2.34. The number of hydrogen-bond acceptors (Lipinski definition) is 2. The van der Waals surface area contributed by atoms with E-state index in [1.54, 1.807) is 24.1 Å². The first kappa shape index (κ1) is 16.3. The highest BCUT2D eigenvalue weighted by Crippen LogP contribution is 2.28. The lowest BCUT2D eigenvalue weighted by Crippen LogP contribution is -2.40. The van der Waals surface area contributed by atoms with Crippen LogP contribution in [-0.4, -0.2) is 31.2 Å². The summed E-state index contributed by atoms with van der Waals surface area (Å²) in [4.78, 5) is 1.65. The molecule has 0 aliphatic carbocycles. The van der Waals surface area contributed by atoms with Crippen LogP contribution in [0.2, 0.25) is 5.02 Å². The van der Waals surface area contributed by atoms with Crippen molar-refractivity contribution in [2.24, 2.45) is 11.7 Å². The Morgan fingerprint density at radius 2 is 1.79 bits per heavy atom. The second-order valence-corrected chi connectivity index (χ2v) is 5.08. The normalized spacial score (nSPS) is 15.6. The van der Waals surface area contributed by atoms with Gasteiger partial charge < -0.3 is 5.73 Å². The first-order chi connectivity index (χ1) is 8.75. The Kier molecular flexibility index (Phi) is 5.64. The fraction of sp³-hybridized carbons (Fsp3) is 0.538. The molecule has 6 heteroatoms. The van der Waals surface area contributed by atoms with Gasteiger partial charge in [-0.05, 0) is 31.7 Å². The molecule has 0 fully saturated rings. The number of nitrogens with two attached hydrogens (primary N) is 1. The van der Waals surface area contributed by atoms with Gasteiger partial charge in [0.2, 0.25) is 0 Å². The van der Waals surface area contributed by atoms with Gasteiger partial charge in [0.15, 0.2) is 0 Å². The summed E-state index contributed by atoms with van der Waals surface area (Å²) in [7, 11) is 1.66. The quantitative estimate of drug-likeness (QED) is 0.901. The Labute approximate surface area is 116 Å². The van der Waals surface area contributed by atoms with E-state index in [0.29, 0.717) is 5.02 Å². The van der Waals surface area contributed by atoms with Crippen LogP contribution in [0.3, 0.4) is 0 Å². The number of benzene rings is 1. The first-order valence-corrected chi connectivity index (χ1v) is 6.36. The number of rotatable bonds is 5. The molecule has 2 atom stereocenters. The SMILES string of the molecule is CC(c1ccc(Cl)cc1)N(C)CC(CN)C(F)(F)F. The molecule has 19 heavy (non-hydrogen) atoms. The smallest absolute Gasteiger partial charge is 0.330 e. The van der Waals surface area contributed by atoms with Gasteiger partial charge in [-0.15, -0.1) is 0 Å². The molecule has 0 saturated heterocycles. The Morgan fingerprint density at radius 1 is 1.26 bits per heavy atom. The molecule has 0 amide bonds. The Hall–Kier alpha value is -0.780. The van der Waals surface area contributed by atoms with E-state index in [9.17, 15) is 13.2 Å². The van der Waals surface area contributed by atoms with E-state index in [1.807, 2.05) is 19.1 Å². The Morgan fingerprint density at radius 3 is 2.21 bits per heavy atom. The highest BCUT2D eigenvalue weighted by molar-refractivity contribution is 6.30. The second kappa shape index (κ2) is 6.59. The summed E-state index contributed by atoms with van der Waals surface area (Å²) in [5.74, 6) is -1.51. The van der Waals surface area contributed by atoms with Gasteiger partial charge in [0.1, 0.15) is 0 Å². The number of hydrogen-bond donors (Lipinski definition) is 1. The molecule has 2 unspecified atom stereocenters. The lowest BCUT2D eigenvalue weighted by Gasteiger charge is -2.29. The van der Waals surface area contributed by atoms with E-state index < -0.39 is 18.6 Å². The molecule has 2 nitrogen and oxygen atoms in total. The van der Waals surface area contributed by atoms with Gasteiger partial charge in [-0.1, -0.05) is 23.7 Å². The maximum Gasteiger partial charge on any atom is 0.394 e. The van der Waals surface area contributed by atoms with E-state index in [4.69, 9.17) is 17.3 Å². The van der Waals surface area contributed by atoms with Crippen molar-refractivity contribution in [3.8, 4) is 0 Å². The summed E-state index contributed by atoms with van der Waals surface area (Å²) in [6, 6.07) is 6.95. The van der Waals surface area contributed by atoms with Crippen LogP contribution >= 0.6 is 11.6 Å². The molecule has 1 rings (SSSR count). The fourth-order valence-corrected chi connectivity index (χ4v) is 1.94. The molecule has 0 aromatic heterocycles. The zero-order valence-corrected chi connectivity index (χ0v) is 11.7. The minimum Gasteiger partial charge on any atom is -0.330 e. The molecule has 0 spiro atoms. The van der Waals surface area contributed by atoms with E-state index >= 15 is 0 Å². The van der Waals surface area contributed by atoms with Gasteiger partial charge in [0.25, 0.3) is 0 Å². The van der Waals surface area contributed by atoms with Crippen LogP contribution in [0.5, 0.6) is 0 Å². The molecule has 0 heterocycles. The molecule has 0 aliphatic heterocycles. The van der Waals surface area contributed by atoms with Gasteiger partial charge in [-0.2, -0.15) is 13.2 Å². The minimum absolute atomic E-state index is 0.121. The van der Waals surface area contributed by atoms with Crippen LogP contribution in [0, 0.1) is 5.92 Å². The second-order valence-electron chi connectivity index (χ2n) is 4.64. The summed E-state index contributed by atoms with van der Waals surface area (Å²) < 4.78 is 38.0. The fourth-order valence-electron chi connectivity index (χ4n) is 1.81. The number of alkyl halides is 3. The topological polar surface area (TPSA) is 29.3 Å². The largest absolute Gasteiger partial charge is 0.394 e. The lowest BCUT2D eigenvalue weighted by molar-refractivity contribution is -0.176. The maximum absolute atomic E-state index is 12.7. The maximum atomic E-state index is 12.7. The van der Waals surface area contributed by atoms with Gasteiger partial charge in [-0.25, -0.2) is 0 Å².